The van der Waals surface area contributed by atoms with Gasteiger partial charge < -0.3 is 9.26 Å². The zero-order chi connectivity index (χ0) is 19.4. The lowest BCUT2D eigenvalue weighted by molar-refractivity contribution is 0.0468. The Morgan fingerprint density at radius 3 is 2.63 bits per heavy atom. The van der Waals surface area contributed by atoms with E-state index >= 15 is 0 Å². The largest absolute Gasteiger partial charge is 0.457 e. The zero-order valence-electron chi connectivity index (χ0n) is 16.0. The van der Waals surface area contributed by atoms with Crippen molar-refractivity contribution < 1.29 is 14.1 Å². The van der Waals surface area contributed by atoms with Crippen molar-refractivity contribution in [2.45, 2.75) is 45.0 Å². The van der Waals surface area contributed by atoms with Crippen LogP contribution in [0, 0.1) is 27.7 Å². The van der Waals surface area contributed by atoms with Crippen LogP contribution in [0.25, 0.3) is 0 Å². The highest BCUT2D eigenvalue weighted by molar-refractivity contribution is 7.98. The fraction of sp³-hybridized carbons (Fsp3) is 0.273. The number of benzene rings is 2. The Morgan fingerprint density at radius 1 is 1.11 bits per heavy atom. The normalized spacial score (nSPS) is 10.8. The SMILES string of the molecule is Cc1ccc(C)c(COC(=O)c2ccccc2SCc2c(C)noc2C)c1. The molecule has 0 saturated heterocycles. The molecule has 0 radical (unpaired) electrons. The van der Waals surface area contributed by atoms with E-state index in [2.05, 4.69) is 17.3 Å². The summed E-state index contributed by atoms with van der Waals surface area (Å²) in [5, 5.41) is 3.98. The number of aryl methyl sites for hydroxylation is 4. The molecule has 0 unspecified atom stereocenters. The number of hydrogen-bond donors (Lipinski definition) is 0. The maximum atomic E-state index is 12.7. The van der Waals surface area contributed by atoms with Gasteiger partial charge in [0.05, 0.1) is 11.3 Å². The van der Waals surface area contributed by atoms with Crippen LogP contribution in [0.3, 0.4) is 0 Å². The van der Waals surface area contributed by atoms with Crippen molar-refractivity contribution in [1.82, 2.24) is 5.16 Å². The molecule has 3 rings (SSSR count). The van der Waals surface area contributed by atoms with Crippen molar-refractivity contribution in [3.63, 3.8) is 0 Å². The summed E-state index contributed by atoms with van der Waals surface area (Å²) in [7, 11) is 0. The number of hydrogen-bond acceptors (Lipinski definition) is 5. The molecule has 1 aromatic heterocycles. The average molecular weight is 381 g/mol. The molecule has 140 valence electrons. The van der Waals surface area contributed by atoms with E-state index in [1.54, 1.807) is 17.8 Å². The molecule has 1 heterocycles. The van der Waals surface area contributed by atoms with Crippen molar-refractivity contribution in [2.75, 3.05) is 0 Å². The Kier molecular flexibility index (Phi) is 6.01. The lowest BCUT2D eigenvalue weighted by atomic mass is 10.1. The molecule has 0 aliphatic carbocycles. The summed E-state index contributed by atoms with van der Waals surface area (Å²) in [6.45, 7) is 8.16. The van der Waals surface area contributed by atoms with Crippen LogP contribution >= 0.6 is 11.8 Å². The van der Waals surface area contributed by atoms with Crippen LogP contribution in [0.2, 0.25) is 0 Å². The van der Waals surface area contributed by atoms with Gasteiger partial charge in [-0.3, -0.25) is 0 Å². The van der Waals surface area contributed by atoms with Crippen LogP contribution in [0.4, 0.5) is 0 Å². The van der Waals surface area contributed by atoms with Gasteiger partial charge in [0.15, 0.2) is 0 Å². The summed E-state index contributed by atoms with van der Waals surface area (Å²) < 4.78 is 10.8. The second kappa shape index (κ2) is 8.44. The number of rotatable bonds is 6. The number of nitrogens with zero attached hydrogens (tertiary/aromatic N) is 1. The third-order valence-corrected chi connectivity index (χ3v) is 5.62. The van der Waals surface area contributed by atoms with E-state index in [1.807, 2.05) is 52.0 Å². The molecule has 5 heteroatoms. The fourth-order valence-electron chi connectivity index (χ4n) is 2.80. The third-order valence-electron chi connectivity index (χ3n) is 4.52. The van der Waals surface area contributed by atoms with Crippen LogP contribution in [0.1, 0.15) is 44.1 Å². The summed E-state index contributed by atoms with van der Waals surface area (Å²) in [6, 6.07) is 13.7. The quantitative estimate of drug-likeness (QED) is 0.413. The first kappa shape index (κ1) is 19.2. The molecule has 4 nitrogen and oxygen atoms in total. The van der Waals surface area contributed by atoms with Gasteiger partial charge in [0.25, 0.3) is 0 Å². The van der Waals surface area contributed by atoms with Crippen molar-refractivity contribution in [2.24, 2.45) is 0 Å². The number of thioether (sulfide) groups is 1. The van der Waals surface area contributed by atoms with Gasteiger partial charge in [0.1, 0.15) is 12.4 Å². The highest BCUT2D eigenvalue weighted by Gasteiger charge is 2.16. The molecule has 3 aromatic rings. The van der Waals surface area contributed by atoms with Gasteiger partial charge in [-0.15, -0.1) is 11.8 Å². The number of carbonyl (C=O) groups is 1. The van der Waals surface area contributed by atoms with E-state index in [9.17, 15) is 4.79 Å². The van der Waals surface area contributed by atoms with Crippen LogP contribution in [-0.2, 0) is 17.1 Å². The van der Waals surface area contributed by atoms with E-state index in [-0.39, 0.29) is 12.6 Å². The Balaban J connectivity index is 1.71. The van der Waals surface area contributed by atoms with Crippen molar-refractivity contribution in [1.29, 1.82) is 0 Å². The summed E-state index contributed by atoms with van der Waals surface area (Å²) in [5.41, 5.74) is 5.84. The molecule has 0 spiro atoms. The van der Waals surface area contributed by atoms with Crippen LogP contribution in [-0.4, -0.2) is 11.1 Å². The summed E-state index contributed by atoms with van der Waals surface area (Å²) in [6.07, 6.45) is 0. The molecule has 2 aromatic carbocycles. The Labute approximate surface area is 163 Å². The van der Waals surface area contributed by atoms with Gasteiger partial charge in [0.2, 0.25) is 0 Å². The lowest BCUT2D eigenvalue weighted by Crippen LogP contribution is -2.07. The maximum Gasteiger partial charge on any atom is 0.339 e. The van der Waals surface area contributed by atoms with E-state index in [0.717, 1.165) is 38.6 Å². The molecule has 27 heavy (non-hydrogen) atoms. The monoisotopic (exact) mass is 381 g/mol. The van der Waals surface area contributed by atoms with E-state index in [0.29, 0.717) is 11.3 Å². The second-order valence-electron chi connectivity index (χ2n) is 6.59. The summed E-state index contributed by atoms with van der Waals surface area (Å²) in [5.74, 6) is 1.20. The smallest absolute Gasteiger partial charge is 0.339 e. The van der Waals surface area contributed by atoms with Gasteiger partial charge in [-0.05, 0) is 51.0 Å². The number of esters is 1. The van der Waals surface area contributed by atoms with Gasteiger partial charge in [-0.2, -0.15) is 0 Å². The molecular weight excluding hydrogens is 358 g/mol. The molecule has 0 saturated carbocycles. The first-order valence-corrected chi connectivity index (χ1v) is 9.81. The second-order valence-corrected chi connectivity index (χ2v) is 7.61. The topological polar surface area (TPSA) is 52.3 Å². The zero-order valence-corrected chi connectivity index (χ0v) is 16.9. The summed E-state index contributed by atoms with van der Waals surface area (Å²) in [4.78, 5) is 13.6. The third kappa shape index (κ3) is 4.61. The van der Waals surface area contributed by atoms with Crippen LogP contribution in [0.15, 0.2) is 51.9 Å². The molecule has 0 aliphatic rings. The molecule has 0 aliphatic heterocycles. The van der Waals surface area contributed by atoms with Crippen LogP contribution < -0.4 is 0 Å². The standard InChI is InChI=1S/C22H23NO3S/c1-14-9-10-15(2)18(11-14)12-25-22(24)19-7-5-6-8-21(19)27-13-20-16(3)23-26-17(20)4/h5-11H,12-13H2,1-4H3. The molecule has 0 atom stereocenters. The highest BCUT2D eigenvalue weighted by Crippen LogP contribution is 2.29. The number of ether oxygens (including phenoxy) is 1. The van der Waals surface area contributed by atoms with Crippen molar-refractivity contribution >= 4 is 17.7 Å². The average Bonchev–Trinajstić information content (AvgIpc) is 2.98. The minimum absolute atomic E-state index is 0.273. The predicted octanol–water partition coefficient (Wildman–Crippen LogP) is 5.56. The fourth-order valence-corrected chi connectivity index (χ4v) is 3.99. The molecule has 0 bridgehead atoms. The molecule has 0 fully saturated rings. The van der Waals surface area contributed by atoms with E-state index in [1.165, 1.54) is 0 Å². The van der Waals surface area contributed by atoms with Gasteiger partial charge >= 0.3 is 5.97 Å². The van der Waals surface area contributed by atoms with E-state index < -0.39 is 0 Å². The first-order chi connectivity index (χ1) is 13.0. The van der Waals surface area contributed by atoms with Gasteiger partial charge in [-0.1, -0.05) is 41.1 Å². The van der Waals surface area contributed by atoms with E-state index in [4.69, 9.17) is 9.26 Å². The first-order valence-electron chi connectivity index (χ1n) is 8.82. The minimum Gasteiger partial charge on any atom is -0.457 e. The lowest BCUT2D eigenvalue weighted by Gasteiger charge is -2.11. The van der Waals surface area contributed by atoms with Crippen LogP contribution in [0.5, 0.6) is 0 Å². The number of carbonyl (C=O) groups excluding carboxylic acids is 1. The molecule has 0 amide bonds. The highest BCUT2D eigenvalue weighted by atomic mass is 32.2. The van der Waals surface area contributed by atoms with Gasteiger partial charge in [-0.25, -0.2) is 4.79 Å². The Morgan fingerprint density at radius 2 is 1.89 bits per heavy atom. The number of aromatic nitrogens is 1. The Bertz CT molecular complexity index is 942. The summed E-state index contributed by atoms with van der Waals surface area (Å²) >= 11 is 1.59. The molecular formula is C22H23NO3S. The Hall–Kier alpha value is -2.53. The van der Waals surface area contributed by atoms with Crippen molar-refractivity contribution in [3.8, 4) is 0 Å². The van der Waals surface area contributed by atoms with Gasteiger partial charge in [0, 0.05) is 16.2 Å². The molecule has 0 N–H and O–H groups in total. The maximum absolute atomic E-state index is 12.7. The predicted molar refractivity (Wildman–Crippen MR) is 107 cm³/mol. The minimum atomic E-state index is -0.308. The van der Waals surface area contributed by atoms with Crippen molar-refractivity contribution in [3.05, 3.63) is 81.7 Å².